The van der Waals surface area contributed by atoms with Gasteiger partial charge in [-0.05, 0) is 13.3 Å². The first-order chi connectivity index (χ1) is 6.09. The highest BCUT2D eigenvalue weighted by Gasteiger charge is 2.20. The Bertz CT molecular complexity index is 182. The van der Waals surface area contributed by atoms with Crippen LogP contribution in [0.25, 0.3) is 0 Å². The third-order valence-corrected chi connectivity index (χ3v) is 2.40. The van der Waals surface area contributed by atoms with E-state index in [-0.39, 0.29) is 12.0 Å². The Morgan fingerprint density at radius 1 is 1.54 bits per heavy atom. The minimum absolute atomic E-state index is 0.178. The number of nitrogens with zero attached hydrogens (tertiary/aromatic N) is 2. The Morgan fingerprint density at radius 2 is 2.23 bits per heavy atom. The van der Waals surface area contributed by atoms with Crippen molar-refractivity contribution in [2.24, 2.45) is 0 Å². The molecular formula is C9H18N2O2. The molecule has 0 spiro atoms. The molecule has 1 aliphatic heterocycles. The first-order valence-corrected chi connectivity index (χ1v) is 4.74. The Balaban J connectivity index is 2.25. The molecule has 4 heteroatoms. The van der Waals surface area contributed by atoms with Crippen LogP contribution < -0.4 is 0 Å². The van der Waals surface area contributed by atoms with Crippen LogP contribution >= 0.6 is 0 Å². The number of aliphatic hydroxyl groups is 1. The lowest BCUT2D eigenvalue weighted by molar-refractivity contribution is -0.134. The van der Waals surface area contributed by atoms with E-state index >= 15 is 0 Å². The Hall–Kier alpha value is -0.610. The van der Waals surface area contributed by atoms with Gasteiger partial charge in [0.25, 0.3) is 0 Å². The number of rotatable bonds is 3. The number of carbonyl (C=O) groups excluding carboxylic acids is 1. The molecule has 76 valence electrons. The second-order valence-electron chi connectivity index (χ2n) is 3.73. The summed E-state index contributed by atoms with van der Waals surface area (Å²) in [5.74, 6) is 0.178. The van der Waals surface area contributed by atoms with Crippen molar-refractivity contribution >= 4 is 5.91 Å². The monoisotopic (exact) mass is 186 g/mol. The van der Waals surface area contributed by atoms with Crippen LogP contribution in [-0.4, -0.2) is 60.1 Å². The quantitative estimate of drug-likeness (QED) is 0.648. The summed E-state index contributed by atoms with van der Waals surface area (Å²) in [6, 6.07) is 0. The summed E-state index contributed by atoms with van der Waals surface area (Å²) in [5, 5.41) is 9.08. The molecule has 1 N–H and O–H groups in total. The third kappa shape index (κ3) is 3.32. The molecule has 4 nitrogen and oxygen atoms in total. The summed E-state index contributed by atoms with van der Waals surface area (Å²) in [4.78, 5) is 15.1. The van der Waals surface area contributed by atoms with Crippen LogP contribution in [0.4, 0.5) is 0 Å². The maximum Gasteiger partial charge on any atom is 0.236 e. The summed E-state index contributed by atoms with van der Waals surface area (Å²) in [6.07, 6.45) is 0.478. The molecule has 1 atom stereocenters. The molecule has 1 unspecified atom stereocenters. The molecule has 1 aliphatic rings. The lowest BCUT2D eigenvalue weighted by Crippen LogP contribution is -2.48. The van der Waals surface area contributed by atoms with Crippen LogP contribution in [0.2, 0.25) is 0 Å². The highest BCUT2D eigenvalue weighted by atomic mass is 16.3. The van der Waals surface area contributed by atoms with E-state index in [0.29, 0.717) is 6.54 Å². The van der Waals surface area contributed by atoms with E-state index in [4.69, 9.17) is 5.11 Å². The van der Waals surface area contributed by atoms with Crippen molar-refractivity contribution in [3.05, 3.63) is 0 Å². The molecule has 13 heavy (non-hydrogen) atoms. The molecule has 0 bridgehead atoms. The van der Waals surface area contributed by atoms with Crippen LogP contribution in [0.15, 0.2) is 0 Å². The van der Waals surface area contributed by atoms with Gasteiger partial charge in [0.2, 0.25) is 5.91 Å². The first-order valence-electron chi connectivity index (χ1n) is 4.74. The van der Waals surface area contributed by atoms with E-state index in [1.165, 1.54) is 0 Å². The zero-order chi connectivity index (χ0) is 9.84. The maximum absolute atomic E-state index is 11.3. The van der Waals surface area contributed by atoms with E-state index in [9.17, 15) is 4.79 Å². The predicted octanol–water partition coefficient (Wildman–Crippen LogP) is -0.469. The van der Waals surface area contributed by atoms with E-state index < -0.39 is 0 Å². The van der Waals surface area contributed by atoms with Crippen LogP contribution in [0.5, 0.6) is 0 Å². The molecule has 1 heterocycles. The van der Waals surface area contributed by atoms with Gasteiger partial charge < -0.3 is 10.0 Å². The molecule has 0 aromatic rings. The van der Waals surface area contributed by atoms with Gasteiger partial charge in [0.15, 0.2) is 0 Å². The number of carbonyl (C=O) groups is 1. The van der Waals surface area contributed by atoms with Crippen LogP contribution in [0.3, 0.4) is 0 Å². The van der Waals surface area contributed by atoms with Crippen LogP contribution in [0, 0.1) is 0 Å². The zero-order valence-corrected chi connectivity index (χ0v) is 8.36. The Morgan fingerprint density at radius 3 is 2.77 bits per heavy atom. The van der Waals surface area contributed by atoms with Gasteiger partial charge in [0.05, 0.1) is 12.6 Å². The van der Waals surface area contributed by atoms with Gasteiger partial charge in [0.1, 0.15) is 0 Å². The number of amides is 1. The fourth-order valence-corrected chi connectivity index (χ4v) is 1.37. The lowest BCUT2D eigenvalue weighted by atomic mass is 10.2. The summed E-state index contributed by atoms with van der Waals surface area (Å²) in [7, 11) is 1.83. The van der Waals surface area contributed by atoms with Gasteiger partial charge in [-0.15, -0.1) is 0 Å². The van der Waals surface area contributed by atoms with E-state index in [1.807, 2.05) is 7.05 Å². The molecule has 1 amide bonds. The lowest BCUT2D eigenvalue weighted by Gasteiger charge is -2.32. The summed E-state index contributed by atoms with van der Waals surface area (Å²) < 4.78 is 0. The molecule has 0 aromatic carbocycles. The molecule has 1 fully saturated rings. The molecule has 0 saturated carbocycles. The smallest absolute Gasteiger partial charge is 0.236 e. The zero-order valence-electron chi connectivity index (χ0n) is 8.36. The molecule has 0 aromatic heterocycles. The molecule has 0 aliphatic carbocycles. The van der Waals surface area contributed by atoms with Gasteiger partial charge >= 0.3 is 0 Å². The number of hydrogen-bond acceptors (Lipinski definition) is 3. The van der Waals surface area contributed by atoms with Crippen LogP contribution in [0.1, 0.15) is 13.3 Å². The number of hydrogen-bond donors (Lipinski definition) is 1. The van der Waals surface area contributed by atoms with Crippen molar-refractivity contribution < 1.29 is 9.90 Å². The number of piperazine rings is 1. The minimum Gasteiger partial charge on any atom is -0.393 e. The number of likely N-dealkylation sites (N-methyl/N-ethyl adjacent to an activating group) is 1. The van der Waals surface area contributed by atoms with Crippen molar-refractivity contribution in [1.82, 2.24) is 9.80 Å². The first kappa shape index (κ1) is 10.5. The molecule has 1 saturated heterocycles. The molecular weight excluding hydrogens is 168 g/mol. The fraction of sp³-hybridized carbons (Fsp3) is 0.889. The van der Waals surface area contributed by atoms with E-state index in [2.05, 4.69) is 4.90 Å². The maximum atomic E-state index is 11.3. The van der Waals surface area contributed by atoms with E-state index in [0.717, 1.165) is 26.1 Å². The van der Waals surface area contributed by atoms with Crippen molar-refractivity contribution in [2.45, 2.75) is 19.4 Å². The summed E-state index contributed by atoms with van der Waals surface area (Å²) >= 11 is 0. The molecule has 1 rings (SSSR count). The average Bonchev–Trinajstić information content (AvgIpc) is 2.07. The van der Waals surface area contributed by atoms with Gasteiger partial charge in [-0.2, -0.15) is 0 Å². The largest absolute Gasteiger partial charge is 0.393 e. The van der Waals surface area contributed by atoms with Gasteiger partial charge in [-0.25, -0.2) is 0 Å². The second-order valence-corrected chi connectivity index (χ2v) is 3.73. The van der Waals surface area contributed by atoms with Crippen molar-refractivity contribution in [3.8, 4) is 0 Å². The van der Waals surface area contributed by atoms with Crippen molar-refractivity contribution in [1.29, 1.82) is 0 Å². The standard InChI is InChI=1S/C9H18N2O2/c1-8(12)3-4-11-6-5-10(2)9(13)7-11/h8,12H,3-7H2,1-2H3. The summed E-state index contributed by atoms with van der Waals surface area (Å²) in [6.45, 7) is 4.83. The van der Waals surface area contributed by atoms with Gasteiger partial charge in [-0.1, -0.05) is 0 Å². The minimum atomic E-state index is -0.269. The Kier molecular flexibility index (Phi) is 3.69. The second kappa shape index (κ2) is 4.58. The van der Waals surface area contributed by atoms with Crippen LogP contribution in [-0.2, 0) is 4.79 Å². The van der Waals surface area contributed by atoms with Gasteiger partial charge in [0, 0.05) is 26.7 Å². The highest BCUT2D eigenvalue weighted by molar-refractivity contribution is 5.78. The van der Waals surface area contributed by atoms with Crippen molar-refractivity contribution in [2.75, 3.05) is 33.2 Å². The number of aliphatic hydroxyl groups excluding tert-OH is 1. The van der Waals surface area contributed by atoms with Crippen molar-refractivity contribution in [3.63, 3.8) is 0 Å². The van der Waals surface area contributed by atoms with Gasteiger partial charge in [-0.3, -0.25) is 9.69 Å². The SMILES string of the molecule is CC(O)CCN1CCN(C)C(=O)C1. The van der Waals surface area contributed by atoms with E-state index in [1.54, 1.807) is 11.8 Å². The normalized spacial score (nSPS) is 22.1. The predicted molar refractivity (Wildman–Crippen MR) is 50.4 cm³/mol. The Labute approximate surface area is 79.1 Å². The summed E-state index contributed by atoms with van der Waals surface area (Å²) in [5.41, 5.74) is 0. The highest BCUT2D eigenvalue weighted by Crippen LogP contribution is 2.02. The molecule has 0 radical (unpaired) electrons. The average molecular weight is 186 g/mol. The topological polar surface area (TPSA) is 43.8 Å². The fourth-order valence-electron chi connectivity index (χ4n) is 1.37. The third-order valence-electron chi connectivity index (χ3n) is 2.40.